The Labute approximate surface area is 173 Å². The number of hydrogen-bond donors (Lipinski definition) is 0. The first-order valence-electron chi connectivity index (χ1n) is 8.99. The Balaban J connectivity index is 1.81. The fraction of sp³-hybridized carbons (Fsp3) is 0.250. The van der Waals surface area contributed by atoms with Gasteiger partial charge >= 0.3 is 6.18 Å². The van der Waals surface area contributed by atoms with E-state index in [1.165, 1.54) is 35.2 Å². The first-order valence-corrected chi connectivity index (χ1v) is 9.37. The Morgan fingerprint density at radius 3 is 2.53 bits per heavy atom. The molecule has 1 aromatic heterocycles. The van der Waals surface area contributed by atoms with Gasteiger partial charge in [0.25, 0.3) is 5.91 Å². The van der Waals surface area contributed by atoms with Crippen molar-refractivity contribution in [2.45, 2.75) is 18.6 Å². The molecule has 2 heterocycles. The van der Waals surface area contributed by atoms with E-state index in [9.17, 15) is 22.4 Å². The van der Waals surface area contributed by atoms with Gasteiger partial charge < -0.3 is 4.90 Å². The van der Waals surface area contributed by atoms with Gasteiger partial charge in [-0.05, 0) is 29.8 Å². The fourth-order valence-electron chi connectivity index (χ4n) is 3.67. The number of aromatic nitrogens is 3. The van der Waals surface area contributed by atoms with E-state index in [2.05, 4.69) is 10.3 Å². The standard InChI is InChI=1S/C20H15ClF4N4O/c1-28-15-9-10-29(18(17(15)26-27-28)11-5-7-12(22)8-6-11)19(30)13-3-2-4-14(16(13)21)20(23,24)25/h2-8,18H,9-10H2,1H3. The highest BCUT2D eigenvalue weighted by Crippen LogP contribution is 2.39. The normalized spacial score (nSPS) is 16.5. The smallest absolute Gasteiger partial charge is 0.325 e. The summed E-state index contributed by atoms with van der Waals surface area (Å²) in [5.41, 5.74) is 0.515. The van der Waals surface area contributed by atoms with Crippen molar-refractivity contribution in [3.05, 3.63) is 81.4 Å². The van der Waals surface area contributed by atoms with Crippen LogP contribution in [0.15, 0.2) is 42.5 Å². The molecule has 1 amide bonds. The molecule has 30 heavy (non-hydrogen) atoms. The molecule has 1 aliphatic heterocycles. The van der Waals surface area contributed by atoms with Crippen LogP contribution < -0.4 is 0 Å². The predicted molar refractivity (Wildman–Crippen MR) is 100 cm³/mol. The maximum atomic E-state index is 13.4. The third kappa shape index (κ3) is 3.43. The topological polar surface area (TPSA) is 51.0 Å². The van der Waals surface area contributed by atoms with Crippen LogP contribution >= 0.6 is 11.6 Å². The van der Waals surface area contributed by atoms with E-state index in [1.807, 2.05) is 0 Å². The van der Waals surface area contributed by atoms with Crippen molar-refractivity contribution < 1.29 is 22.4 Å². The molecule has 3 aromatic rings. The second-order valence-electron chi connectivity index (χ2n) is 6.91. The van der Waals surface area contributed by atoms with E-state index in [0.29, 0.717) is 17.7 Å². The largest absolute Gasteiger partial charge is 0.417 e. The molecule has 0 saturated heterocycles. The Kier molecular flexibility index (Phi) is 5.01. The lowest BCUT2D eigenvalue weighted by Crippen LogP contribution is -2.41. The molecular formula is C20H15ClF4N4O. The van der Waals surface area contributed by atoms with E-state index >= 15 is 0 Å². The van der Waals surface area contributed by atoms with Crippen LogP contribution in [0.2, 0.25) is 5.02 Å². The van der Waals surface area contributed by atoms with E-state index in [0.717, 1.165) is 17.8 Å². The van der Waals surface area contributed by atoms with Gasteiger partial charge in [-0.15, -0.1) is 5.10 Å². The molecule has 0 aliphatic carbocycles. The molecule has 0 spiro atoms. The van der Waals surface area contributed by atoms with Crippen LogP contribution in [-0.2, 0) is 19.6 Å². The summed E-state index contributed by atoms with van der Waals surface area (Å²) in [6.45, 7) is 0.210. The summed E-state index contributed by atoms with van der Waals surface area (Å²) in [6, 6.07) is 8.02. The number of carbonyl (C=O) groups is 1. The predicted octanol–water partition coefficient (Wildman–Crippen LogP) is 4.41. The highest BCUT2D eigenvalue weighted by Gasteiger charge is 2.39. The number of rotatable bonds is 2. The van der Waals surface area contributed by atoms with Gasteiger partial charge in [0.1, 0.15) is 17.6 Å². The number of benzene rings is 2. The van der Waals surface area contributed by atoms with Gasteiger partial charge in [-0.2, -0.15) is 13.2 Å². The zero-order chi connectivity index (χ0) is 21.6. The number of carbonyl (C=O) groups excluding carboxylic acids is 1. The van der Waals surface area contributed by atoms with Crippen molar-refractivity contribution in [1.82, 2.24) is 19.9 Å². The lowest BCUT2D eigenvalue weighted by atomic mass is 9.94. The molecule has 2 aromatic carbocycles. The molecular weight excluding hydrogens is 424 g/mol. The van der Waals surface area contributed by atoms with Gasteiger partial charge in [-0.1, -0.05) is 35.0 Å². The lowest BCUT2D eigenvalue weighted by molar-refractivity contribution is -0.137. The molecule has 1 atom stereocenters. The summed E-state index contributed by atoms with van der Waals surface area (Å²) >= 11 is 5.98. The minimum absolute atomic E-state index is 0.210. The number of fused-ring (bicyclic) bond motifs is 1. The molecule has 4 rings (SSSR count). The summed E-state index contributed by atoms with van der Waals surface area (Å²) in [5.74, 6) is -1.12. The molecule has 1 aliphatic rings. The van der Waals surface area contributed by atoms with Crippen LogP contribution in [0.1, 0.15) is 38.9 Å². The Bertz CT molecular complexity index is 1110. The summed E-state index contributed by atoms with van der Waals surface area (Å²) in [4.78, 5) is 14.7. The molecule has 10 heteroatoms. The van der Waals surface area contributed by atoms with Gasteiger partial charge in [0.15, 0.2) is 0 Å². The SMILES string of the molecule is Cn1nnc2c1CCN(C(=O)c1cccc(C(F)(F)F)c1Cl)C2c1ccc(F)cc1. The van der Waals surface area contributed by atoms with Crippen LogP contribution in [0.3, 0.4) is 0 Å². The monoisotopic (exact) mass is 438 g/mol. The average Bonchev–Trinajstić information content (AvgIpc) is 3.08. The van der Waals surface area contributed by atoms with Crippen molar-refractivity contribution >= 4 is 17.5 Å². The molecule has 156 valence electrons. The van der Waals surface area contributed by atoms with Crippen molar-refractivity contribution in [3.8, 4) is 0 Å². The van der Waals surface area contributed by atoms with Gasteiger partial charge in [-0.3, -0.25) is 9.48 Å². The van der Waals surface area contributed by atoms with Gasteiger partial charge in [0.05, 0.1) is 21.8 Å². The molecule has 0 bridgehead atoms. The molecule has 0 saturated carbocycles. The molecule has 1 unspecified atom stereocenters. The number of aryl methyl sites for hydroxylation is 1. The Morgan fingerprint density at radius 2 is 1.87 bits per heavy atom. The highest BCUT2D eigenvalue weighted by molar-refractivity contribution is 6.34. The summed E-state index contributed by atoms with van der Waals surface area (Å²) in [7, 11) is 1.72. The molecule has 5 nitrogen and oxygen atoms in total. The van der Waals surface area contributed by atoms with Crippen molar-refractivity contribution in [3.63, 3.8) is 0 Å². The third-order valence-electron chi connectivity index (χ3n) is 5.11. The average molecular weight is 439 g/mol. The first-order chi connectivity index (χ1) is 14.2. The van der Waals surface area contributed by atoms with Gasteiger partial charge in [-0.25, -0.2) is 4.39 Å². The summed E-state index contributed by atoms with van der Waals surface area (Å²) in [5, 5.41) is 7.50. The second kappa shape index (κ2) is 7.39. The fourth-order valence-corrected chi connectivity index (χ4v) is 3.98. The van der Waals surface area contributed by atoms with Crippen LogP contribution in [0.25, 0.3) is 0 Å². The number of alkyl halides is 3. The van der Waals surface area contributed by atoms with Crippen molar-refractivity contribution in [1.29, 1.82) is 0 Å². The van der Waals surface area contributed by atoms with E-state index in [1.54, 1.807) is 11.7 Å². The lowest BCUT2D eigenvalue weighted by Gasteiger charge is -2.35. The zero-order valence-corrected chi connectivity index (χ0v) is 16.4. The quantitative estimate of drug-likeness (QED) is 0.557. The molecule has 0 N–H and O–H groups in total. The summed E-state index contributed by atoms with van der Waals surface area (Å²) < 4.78 is 54.8. The van der Waals surface area contributed by atoms with Crippen LogP contribution in [0.5, 0.6) is 0 Å². The van der Waals surface area contributed by atoms with Crippen LogP contribution in [-0.4, -0.2) is 32.3 Å². The number of halogens is 5. The zero-order valence-electron chi connectivity index (χ0n) is 15.6. The minimum atomic E-state index is -4.69. The Morgan fingerprint density at radius 1 is 1.17 bits per heavy atom. The number of amides is 1. The number of nitrogens with zero attached hydrogens (tertiary/aromatic N) is 4. The van der Waals surface area contributed by atoms with Gasteiger partial charge in [0, 0.05) is 20.0 Å². The maximum absolute atomic E-state index is 13.4. The van der Waals surface area contributed by atoms with Crippen molar-refractivity contribution in [2.75, 3.05) is 6.54 Å². The first kappa shape index (κ1) is 20.3. The molecule has 0 radical (unpaired) electrons. The number of hydrogen-bond acceptors (Lipinski definition) is 3. The van der Waals surface area contributed by atoms with Crippen LogP contribution in [0.4, 0.5) is 17.6 Å². The maximum Gasteiger partial charge on any atom is 0.417 e. The van der Waals surface area contributed by atoms with Crippen LogP contribution in [0, 0.1) is 5.82 Å². The van der Waals surface area contributed by atoms with E-state index < -0.39 is 34.5 Å². The van der Waals surface area contributed by atoms with Gasteiger partial charge in [0.2, 0.25) is 0 Å². The Hall–Kier alpha value is -2.94. The minimum Gasteiger partial charge on any atom is -0.325 e. The summed E-state index contributed by atoms with van der Waals surface area (Å²) in [6.07, 6.45) is -4.28. The highest BCUT2D eigenvalue weighted by atomic mass is 35.5. The second-order valence-corrected chi connectivity index (χ2v) is 7.29. The van der Waals surface area contributed by atoms with E-state index in [-0.39, 0.29) is 12.1 Å². The molecule has 0 fully saturated rings. The van der Waals surface area contributed by atoms with Crippen molar-refractivity contribution in [2.24, 2.45) is 7.05 Å². The third-order valence-corrected chi connectivity index (χ3v) is 5.52. The van der Waals surface area contributed by atoms with E-state index in [4.69, 9.17) is 11.6 Å².